The summed E-state index contributed by atoms with van der Waals surface area (Å²) in [6.07, 6.45) is 0.473. The number of rotatable bonds is 5. The summed E-state index contributed by atoms with van der Waals surface area (Å²) in [7, 11) is 1.83. The molecule has 0 aliphatic rings. The Morgan fingerprint density at radius 2 is 2.17 bits per heavy atom. The van der Waals surface area contributed by atoms with E-state index < -0.39 is 0 Å². The lowest BCUT2D eigenvalue weighted by Gasteiger charge is -2.10. The Morgan fingerprint density at radius 3 is 2.89 bits per heavy atom. The van der Waals surface area contributed by atoms with Crippen LogP contribution in [0.25, 0.3) is 11.0 Å². The van der Waals surface area contributed by atoms with E-state index in [0.29, 0.717) is 13.0 Å². The quantitative estimate of drug-likeness (QED) is 0.850. The Hall–Kier alpha value is -1.81. The van der Waals surface area contributed by atoms with Gasteiger partial charge in [-0.1, -0.05) is 18.2 Å². The molecule has 0 aliphatic heterocycles. The molecule has 0 fully saturated rings. The SMILES string of the molecule is CNCCC(=O)NC(C)c1cc2ccccc2o1. The van der Waals surface area contributed by atoms with Crippen molar-refractivity contribution in [3.63, 3.8) is 0 Å². The maximum atomic E-state index is 11.6. The van der Waals surface area contributed by atoms with Crippen molar-refractivity contribution in [3.05, 3.63) is 36.1 Å². The van der Waals surface area contributed by atoms with Gasteiger partial charge < -0.3 is 15.1 Å². The summed E-state index contributed by atoms with van der Waals surface area (Å²) >= 11 is 0. The summed E-state index contributed by atoms with van der Waals surface area (Å²) in [5, 5.41) is 6.93. The first-order valence-corrected chi connectivity index (χ1v) is 6.13. The van der Waals surface area contributed by atoms with E-state index in [1.165, 1.54) is 0 Å². The van der Waals surface area contributed by atoms with Crippen LogP contribution in [0.1, 0.15) is 25.1 Å². The Labute approximate surface area is 106 Å². The van der Waals surface area contributed by atoms with Crippen molar-refractivity contribution in [2.45, 2.75) is 19.4 Å². The Balaban J connectivity index is 2.04. The molecule has 0 spiro atoms. The summed E-state index contributed by atoms with van der Waals surface area (Å²) in [4.78, 5) is 11.6. The maximum Gasteiger partial charge on any atom is 0.221 e. The second-order valence-corrected chi connectivity index (χ2v) is 4.33. The van der Waals surface area contributed by atoms with Crippen molar-refractivity contribution in [1.29, 1.82) is 0 Å². The van der Waals surface area contributed by atoms with E-state index in [0.717, 1.165) is 16.7 Å². The molecule has 2 aromatic rings. The monoisotopic (exact) mass is 246 g/mol. The fraction of sp³-hybridized carbons (Fsp3) is 0.357. The standard InChI is InChI=1S/C14H18N2O2/c1-10(16-14(17)7-8-15-2)13-9-11-5-3-4-6-12(11)18-13/h3-6,9-10,15H,7-8H2,1-2H3,(H,16,17). The van der Waals surface area contributed by atoms with Gasteiger partial charge in [0.2, 0.25) is 5.91 Å². The van der Waals surface area contributed by atoms with Crippen LogP contribution in [0.2, 0.25) is 0 Å². The smallest absolute Gasteiger partial charge is 0.221 e. The van der Waals surface area contributed by atoms with Crippen LogP contribution in [0.4, 0.5) is 0 Å². The Kier molecular flexibility index (Phi) is 3.99. The number of hydrogen-bond donors (Lipinski definition) is 2. The molecule has 4 heteroatoms. The second kappa shape index (κ2) is 5.69. The minimum atomic E-state index is -0.109. The molecule has 1 amide bonds. The number of nitrogens with one attached hydrogen (secondary N) is 2. The Morgan fingerprint density at radius 1 is 1.39 bits per heavy atom. The van der Waals surface area contributed by atoms with Crippen molar-refractivity contribution in [2.24, 2.45) is 0 Å². The van der Waals surface area contributed by atoms with Gasteiger partial charge in [-0.2, -0.15) is 0 Å². The highest BCUT2D eigenvalue weighted by Gasteiger charge is 2.13. The first-order chi connectivity index (χ1) is 8.70. The number of hydrogen-bond acceptors (Lipinski definition) is 3. The largest absolute Gasteiger partial charge is 0.459 e. The maximum absolute atomic E-state index is 11.6. The lowest BCUT2D eigenvalue weighted by atomic mass is 10.2. The summed E-state index contributed by atoms with van der Waals surface area (Å²) in [5.74, 6) is 0.811. The fourth-order valence-corrected chi connectivity index (χ4v) is 1.84. The minimum absolute atomic E-state index is 0.0253. The van der Waals surface area contributed by atoms with Gasteiger partial charge in [-0.15, -0.1) is 0 Å². The van der Waals surface area contributed by atoms with Crippen LogP contribution < -0.4 is 10.6 Å². The summed E-state index contributed by atoms with van der Waals surface area (Å²) in [6.45, 7) is 2.60. The number of fused-ring (bicyclic) bond motifs is 1. The van der Waals surface area contributed by atoms with Gasteiger partial charge >= 0.3 is 0 Å². The molecule has 18 heavy (non-hydrogen) atoms. The molecule has 1 atom stereocenters. The third kappa shape index (κ3) is 2.90. The Bertz CT molecular complexity index is 500. The summed E-state index contributed by atoms with van der Waals surface area (Å²) in [6, 6.07) is 9.69. The fourth-order valence-electron chi connectivity index (χ4n) is 1.84. The molecule has 2 rings (SSSR count). The lowest BCUT2D eigenvalue weighted by Crippen LogP contribution is -2.28. The number of carbonyl (C=O) groups excluding carboxylic acids is 1. The van der Waals surface area contributed by atoms with Gasteiger partial charge in [0, 0.05) is 18.4 Å². The van der Waals surface area contributed by atoms with Crippen molar-refractivity contribution < 1.29 is 9.21 Å². The molecule has 96 valence electrons. The van der Waals surface area contributed by atoms with Crippen LogP contribution in [-0.2, 0) is 4.79 Å². The topological polar surface area (TPSA) is 54.3 Å². The number of carbonyl (C=O) groups is 1. The van der Waals surface area contributed by atoms with Gasteiger partial charge in [0.05, 0.1) is 6.04 Å². The lowest BCUT2D eigenvalue weighted by molar-refractivity contribution is -0.121. The molecule has 1 unspecified atom stereocenters. The molecule has 1 aromatic carbocycles. The van der Waals surface area contributed by atoms with Crippen molar-refractivity contribution >= 4 is 16.9 Å². The highest BCUT2D eigenvalue weighted by molar-refractivity contribution is 5.79. The van der Waals surface area contributed by atoms with Crippen molar-refractivity contribution in [3.8, 4) is 0 Å². The molecule has 4 nitrogen and oxygen atoms in total. The summed E-state index contributed by atoms with van der Waals surface area (Å²) in [5.41, 5.74) is 0.851. The van der Waals surface area contributed by atoms with E-state index in [-0.39, 0.29) is 11.9 Å². The third-order valence-electron chi connectivity index (χ3n) is 2.85. The van der Waals surface area contributed by atoms with E-state index in [1.807, 2.05) is 44.3 Å². The van der Waals surface area contributed by atoms with Crippen LogP contribution in [0.5, 0.6) is 0 Å². The second-order valence-electron chi connectivity index (χ2n) is 4.33. The normalized spacial score (nSPS) is 12.6. The average Bonchev–Trinajstić information content (AvgIpc) is 2.80. The molecular formula is C14H18N2O2. The van der Waals surface area contributed by atoms with Crippen molar-refractivity contribution in [2.75, 3.05) is 13.6 Å². The molecule has 0 bridgehead atoms. The third-order valence-corrected chi connectivity index (χ3v) is 2.85. The van der Waals surface area contributed by atoms with Gasteiger partial charge in [-0.3, -0.25) is 4.79 Å². The zero-order valence-corrected chi connectivity index (χ0v) is 10.7. The van der Waals surface area contributed by atoms with Gasteiger partial charge in [0.25, 0.3) is 0 Å². The number of furan rings is 1. The highest BCUT2D eigenvalue weighted by Crippen LogP contribution is 2.23. The minimum Gasteiger partial charge on any atom is -0.459 e. The number of benzene rings is 1. The zero-order chi connectivity index (χ0) is 13.0. The van der Waals surface area contributed by atoms with Crippen LogP contribution in [0.15, 0.2) is 34.7 Å². The molecule has 0 saturated heterocycles. The van der Waals surface area contributed by atoms with Crippen LogP contribution in [0, 0.1) is 0 Å². The highest BCUT2D eigenvalue weighted by atomic mass is 16.3. The van der Waals surface area contributed by atoms with Gasteiger partial charge in [0.1, 0.15) is 11.3 Å². The predicted molar refractivity (Wildman–Crippen MR) is 71.3 cm³/mol. The number of amides is 1. The molecule has 0 radical (unpaired) electrons. The van der Waals surface area contributed by atoms with Gasteiger partial charge in [-0.05, 0) is 26.1 Å². The van der Waals surface area contributed by atoms with Crippen molar-refractivity contribution in [1.82, 2.24) is 10.6 Å². The summed E-state index contributed by atoms with van der Waals surface area (Å²) < 4.78 is 5.70. The van der Waals surface area contributed by atoms with Gasteiger partial charge in [-0.25, -0.2) is 0 Å². The van der Waals surface area contributed by atoms with E-state index in [1.54, 1.807) is 0 Å². The van der Waals surface area contributed by atoms with E-state index in [4.69, 9.17) is 4.42 Å². The predicted octanol–water partition coefficient (Wildman–Crippen LogP) is 2.22. The van der Waals surface area contributed by atoms with Gasteiger partial charge in [0.15, 0.2) is 0 Å². The molecule has 0 saturated carbocycles. The molecule has 1 heterocycles. The molecule has 1 aromatic heterocycles. The first kappa shape index (κ1) is 12.6. The van der Waals surface area contributed by atoms with E-state index >= 15 is 0 Å². The van der Waals surface area contributed by atoms with Crippen LogP contribution in [0.3, 0.4) is 0 Å². The van der Waals surface area contributed by atoms with Crippen LogP contribution >= 0.6 is 0 Å². The number of para-hydroxylation sites is 1. The van der Waals surface area contributed by atoms with E-state index in [9.17, 15) is 4.79 Å². The molecular weight excluding hydrogens is 228 g/mol. The average molecular weight is 246 g/mol. The molecule has 2 N–H and O–H groups in total. The van der Waals surface area contributed by atoms with E-state index in [2.05, 4.69) is 10.6 Å². The first-order valence-electron chi connectivity index (χ1n) is 6.13. The molecule has 0 aliphatic carbocycles. The zero-order valence-electron chi connectivity index (χ0n) is 10.7. The van der Waals surface area contributed by atoms with Crippen LogP contribution in [-0.4, -0.2) is 19.5 Å².